The fourth-order valence-electron chi connectivity index (χ4n) is 3.73. The van der Waals surface area contributed by atoms with E-state index in [-0.39, 0.29) is 17.7 Å². The molecule has 2 amide bonds. The number of rotatable bonds is 5. The quantitative estimate of drug-likeness (QED) is 0.601. The summed E-state index contributed by atoms with van der Waals surface area (Å²) in [5.74, 6) is 0.363. The van der Waals surface area contributed by atoms with Gasteiger partial charge in [-0.15, -0.1) is 0 Å². The summed E-state index contributed by atoms with van der Waals surface area (Å²) in [6.07, 6.45) is 1.39. The third kappa shape index (κ3) is 3.98. The van der Waals surface area contributed by atoms with Crippen LogP contribution in [0.4, 0.5) is 11.4 Å². The highest BCUT2D eigenvalue weighted by atomic mass is 35.5. The summed E-state index contributed by atoms with van der Waals surface area (Å²) in [5, 5.41) is 5.46. The maximum absolute atomic E-state index is 12.9. The van der Waals surface area contributed by atoms with Gasteiger partial charge >= 0.3 is 0 Å². The lowest BCUT2D eigenvalue weighted by Crippen LogP contribution is -2.24. The maximum atomic E-state index is 12.9. The Kier molecular flexibility index (Phi) is 5.64. The SMILES string of the molecule is COc1ccc2cc([C@H](C)C(=O)Nc3cc(N4CCCC4=O)ccc3Cl)ccc2c1. The van der Waals surface area contributed by atoms with E-state index in [9.17, 15) is 9.59 Å². The molecule has 1 aliphatic heterocycles. The van der Waals surface area contributed by atoms with E-state index in [1.165, 1.54) is 0 Å². The molecule has 154 valence electrons. The van der Waals surface area contributed by atoms with Gasteiger partial charge in [0.2, 0.25) is 11.8 Å². The van der Waals surface area contributed by atoms with Crippen molar-refractivity contribution in [2.24, 2.45) is 0 Å². The molecule has 6 heteroatoms. The van der Waals surface area contributed by atoms with E-state index < -0.39 is 0 Å². The number of nitrogens with one attached hydrogen (secondary N) is 1. The zero-order valence-electron chi connectivity index (χ0n) is 16.9. The highest BCUT2D eigenvalue weighted by Crippen LogP contribution is 2.31. The summed E-state index contributed by atoms with van der Waals surface area (Å²) in [5.41, 5.74) is 2.17. The van der Waals surface area contributed by atoms with Gasteiger partial charge in [0.1, 0.15) is 5.75 Å². The first-order valence-electron chi connectivity index (χ1n) is 9.95. The molecule has 3 aromatic rings. The highest BCUT2D eigenvalue weighted by molar-refractivity contribution is 6.34. The molecule has 0 aliphatic carbocycles. The van der Waals surface area contributed by atoms with Crippen LogP contribution in [0.15, 0.2) is 54.6 Å². The molecule has 0 unspecified atom stereocenters. The molecule has 5 nitrogen and oxygen atoms in total. The maximum Gasteiger partial charge on any atom is 0.231 e. The van der Waals surface area contributed by atoms with E-state index in [4.69, 9.17) is 16.3 Å². The van der Waals surface area contributed by atoms with E-state index in [1.54, 1.807) is 24.1 Å². The average Bonchev–Trinajstić information content (AvgIpc) is 3.19. The van der Waals surface area contributed by atoms with Crippen LogP contribution in [0, 0.1) is 0 Å². The molecule has 1 fully saturated rings. The fraction of sp³-hybridized carbons (Fsp3) is 0.250. The standard InChI is InChI=1S/C24H23ClN2O3/c1-15(16-5-6-18-13-20(30-2)9-7-17(18)12-16)24(29)26-22-14-19(8-10-21(22)25)27-11-3-4-23(27)28/h5-10,12-15H,3-4,11H2,1-2H3,(H,26,29)/t15-/m0/s1. The van der Waals surface area contributed by atoms with Crippen molar-refractivity contribution < 1.29 is 14.3 Å². The Morgan fingerprint density at radius 1 is 1.10 bits per heavy atom. The van der Waals surface area contributed by atoms with Crippen LogP contribution in [-0.2, 0) is 9.59 Å². The second-order valence-corrected chi connectivity index (χ2v) is 7.90. The van der Waals surface area contributed by atoms with E-state index in [1.807, 2.05) is 49.4 Å². The van der Waals surface area contributed by atoms with Gasteiger partial charge in [-0.2, -0.15) is 0 Å². The number of carbonyl (C=O) groups is 2. The third-order valence-electron chi connectivity index (χ3n) is 5.56. The summed E-state index contributed by atoms with van der Waals surface area (Å²) < 4.78 is 5.27. The smallest absolute Gasteiger partial charge is 0.231 e. The fourth-order valence-corrected chi connectivity index (χ4v) is 3.89. The molecule has 0 spiro atoms. The summed E-state index contributed by atoms with van der Waals surface area (Å²) in [4.78, 5) is 26.7. The van der Waals surface area contributed by atoms with Crippen molar-refractivity contribution in [2.45, 2.75) is 25.7 Å². The second-order valence-electron chi connectivity index (χ2n) is 7.50. The molecule has 0 aromatic heterocycles. The largest absolute Gasteiger partial charge is 0.497 e. The minimum absolute atomic E-state index is 0.0933. The number of anilines is 2. The molecular weight excluding hydrogens is 400 g/mol. The van der Waals surface area contributed by atoms with Gasteiger partial charge in [-0.25, -0.2) is 0 Å². The summed E-state index contributed by atoms with van der Waals surface area (Å²) in [6, 6.07) is 17.1. The zero-order chi connectivity index (χ0) is 21.3. The van der Waals surface area contributed by atoms with Crippen molar-refractivity contribution >= 4 is 45.6 Å². The van der Waals surface area contributed by atoms with Crippen molar-refractivity contribution in [1.82, 2.24) is 0 Å². The monoisotopic (exact) mass is 422 g/mol. The third-order valence-corrected chi connectivity index (χ3v) is 5.89. The van der Waals surface area contributed by atoms with Gasteiger partial charge in [-0.05, 0) is 60.0 Å². The Balaban J connectivity index is 1.55. The molecule has 30 heavy (non-hydrogen) atoms. The first kappa shape index (κ1) is 20.2. The Labute approximate surface area is 180 Å². The first-order valence-corrected chi connectivity index (χ1v) is 10.3. The number of hydrogen-bond donors (Lipinski definition) is 1. The molecule has 1 N–H and O–H groups in total. The van der Waals surface area contributed by atoms with E-state index in [0.29, 0.717) is 23.7 Å². The molecule has 1 saturated heterocycles. The molecule has 0 radical (unpaired) electrons. The number of amides is 2. The van der Waals surface area contributed by atoms with Crippen molar-refractivity contribution in [3.63, 3.8) is 0 Å². The van der Waals surface area contributed by atoms with Crippen LogP contribution in [0.1, 0.15) is 31.2 Å². The van der Waals surface area contributed by atoms with Gasteiger partial charge in [-0.3, -0.25) is 9.59 Å². The van der Waals surface area contributed by atoms with Crippen LogP contribution in [0.25, 0.3) is 10.8 Å². The molecule has 1 aliphatic rings. The van der Waals surface area contributed by atoms with E-state index >= 15 is 0 Å². The zero-order valence-corrected chi connectivity index (χ0v) is 17.7. The highest BCUT2D eigenvalue weighted by Gasteiger charge is 2.23. The lowest BCUT2D eigenvalue weighted by molar-refractivity contribution is -0.117. The summed E-state index contributed by atoms with van der Waals surface area (Å²) >= 11 is 6.31. The Bertz CT molecular complexity index is 1130. The lowest BCUT2D eigenvalue weighted by Gasteiger charge is -2.19. The molecule has 0 saturated carbocycles. The molecule has 1 atom stereocenters. The number of benzene rings is 3. The number of methoxy groups -OCH3 is 1. The van der Waals surface area contributed by atoms with Crippen LogP contribution in [0.5, 0.6) is 5.75 Å². The van der Waals surface area contributed by atoms with Gasteiger partial charge < -0.3 is 15.0 Å². The van der Waals surface area contributed by atoms with Gasteiger partial charge in [0.05, 0.1) is 23.7 Å². The number of nitrogens with zero attached hydrogens (tertiary/aromatic N) is 1. The first-order chi connectivity index (χ1) is 14.5. The molecule has 4 rings (SSSR count). The molecule has 0 bridgehead atoms. The Morgan fingerprint density at radius 2 is 1.87 bits per heavy atom. The topological polar surface area (TPSA) is 58.6 Å². The van der Waals surface area contributed by atoms with Gasteiger partial charge in [0.15, 0.2) is 0 Å². The lowest BCUT2D eigenvalue weighted by atomic mass is 9.97. The number of carbonyl (C=O) groups excluding carboxylic acids is 2. The van der Waals surface area contributed by atoms with Crippen molar-refractivity contribution in [3.8, 4) is 5.75 Å². The van der Waals surface area contributed by atoms with Gasteiger partial charge in [-0.1, -0.05) is 35.9 Å². The van der Waals surface area contributed by atoms with Crippen LogP contribution in [-0.4, -0.2) is 25.5 Å². The Morgan fingerprint density at radius 3 is 2.60 bits per heavy atom. The minimum Gasteiger partial charge on any atom is -0.497 e. The van der Waals surface area contributed by atoms with E-state index in [2.05, 4.69) is 5.32 Å². The van der Waals surface area contributed by atoms with Crippen LogP contribution in [0.3, 0.4) is 0 Å². The Hall–Kier alpha value is -3.05. The predicted octanol–water partition coefficient (Wildman–Crippen LogP) is 5.37. The van der Waals surface area contributed by atoms with Gasteiger partial charge in [0, 0.05) is 18.7 Å². The molecule has 3 aromatic carbocycles. The van der Waals surface area contributed by atoms with Crippen LogP contribution < -0.4 is 15.0 Å². The molecule has 1 heterocycles. The number of halogens is 1. The number of ether oxygens (including phenoxy) is 1. The van der Waals surface area contributed by atoms with Crippen molar-refractivity contribution in [1.29, 1.82) is 0 Å². The normalized spacial score (nSPS) is 14.8. The average molecular weight is 423 g/mol. The predicted molar refractivity (Wildman–Crippen MR) is 121 cm³/mol. The second kappa shape index (κ2) is 8.36. The van der Waals surface area contributed by atoms with Crippen molar-refractivity contribution in [3.05, 3.63) is 65.2 Å². The van der Waals surface area contributed by atoms with Crippen LogP contribution in [0.2, 0.25) is 5.02 Å². The van der Waals surface area contributed by atoms with Crippen molar-refractivity contribution in [2.75, 3.05) is 23.9 Å². The number of fused-ring (bicyclic) bond motifs is 1. The summed E-state index contributed by atoms with van der Waals surface area (Å²) in [7, 11) is 1.64. The van der Waals surface area contributed by atoms with E-state index in [0.717, 1.165) is 34.2 Å². The number of hydrogen-bond acceptors (Lipinski definition) is 3. The summed E-state index contributed by atoms with van der Waals surface area (Å²) in [6.45, 7) is 2.55. The van der Waals surface area contributed by atoms with Crippen LogP contribution >= 0.6 is 11.6 Å². The van der Waals surface area contributed by atoms with Gasteiger partial charge in [0.25, 0.3) is 0 Å². The minimum atomic E-state index is -0.371. The molecular formula is C24H23ClN2O3.